The second-order valence-electron chi connectivity index (χ2n) is 6.25. The molecule has 0 bridgehead atoms. The number of carbonyl (C=O) groups excluding carboxylic acids is 1. The molecule has 4 nitrogen and oxygen atoms in total. The first-order chi connectivity index (χ1) is 9.33. The molecule has 0 saturated carbocycles. The first kappa shape index (κ1) is 14.9. The number of aryl methyl sites for hydroxylation is 1. The molecule has 1 amide bonds. The van der Waals surface area contributed by atoms with E-state index in [1.165, 1.54) is 0 Å². The molecule has 0 saturated heterocycles. The van der Waals surface area contributed by atoms with Gasteiger partial charge in [0, 0.05) is 6.54 Å². The number of fused-ring (bicyclic) bond motifs is 1. The Hall–Kier alpha value is -1.55. The maximum Gasteiger partial charge on any atom is 0.414 e. The summed E-state index contributed by atoms with van der Waals surface area (Å²) in [6.07, 6.45) is 1.47. The zero-order chi connectivity index (χ0) is 14.9. The zero-order valence-electron chi connectivity index (χ0n) is 12.7. The van der Waals surface area contributed by atoms with Crippen molar-refractivity contribution in [2.24, 2.45) is 0 Å². The summed E-state index contributed by atoms with van der Waals surface area (Å²) in [5.41, 5.74) is 3.46. The van der Waals surface area contributed by atoms with Crippen LogP contribution in [0.1, 0.15) is 43.9 Å². The van der Waals surface area contributed by atoms with Crippen molar-refractivity contribution in [3.8, 4) is 0 Å². The molecule has 0 unspecified atom stereocenters. The van der Waals surface area contributed by atoms with Gasteiger partial charge in [-0.1, -0.05) is 6.07 Å². The van der Waals surface area contributed by atoms with Crippen molar-refractivity contribution < 1.29 is 14.6 Å². The van der Waals surface area contributed by atoms with Crippen LogP contribution in [0.4, 0.5) is 10.5 Å². The lowest BCUT2D eigenvalue weighted by Crippen LogP contribution is -2.40. The highest BCUT2D eigenvalue weighted by atomic mass is 16.6. The van der Waals surface area contributed by atoms with Gasteiger partial charge >= 0.3 is 6.09 Å². The lowest BCUT2D eigenvalue weighted by Gasteiger charge is -2.33. The topological polar surface area (TPSA) is 49.8 Å². The van der Waals surface area contributed by atoms with Crippen LogP contribution in [0.3, 0.4) is 0 Å². The molecule has 20 heavy (non-hydrogen) atoms. The monoisotopic (exact) mass is 277 g/mol. The fraction of sp³-hybridized carbons (Fsp3) is 0.562. The van der Waals surface area contributed by atoms with E-state index < -0.39 is 5.60 Å². The fourth-order valence-corrected chi connectivity index (χ4v) is 2.59. The Morgan fingerprint density at radius 3 is 2.70 bits per heavy atom. The van der Waals surface area contributed by atoms with E-state index in [4.69, 9.17) is 4.74 Å². The largest absolute Gasteiger partial charge is 0.443 e. The summed E-state index contributed by atoms with van der Waals surface area (Å²) in [6, 6.07) is 3.90. The molecule has 1 aromatic carbocycles. The molecule has 1 aliphatic heterocycles. The maximum atomic E-state index is 12.3. The van der Waals surface area contributed by atoms with Crippen LogP contribution in [-0.4, -0.2) is 23.3 Å². The van der Waals surface area contributed by atoms with E-state index in [9.17, 15) is 9.90 Å². The van der Waals surface area contributed by atoms with Gasteiger partial charge in [0.1, 0.15) is 5.60 Å². The minimum absolute atomic E-state index is 0.0111. The van der Waals surface area contributed by atoms with Gasteiger partial charge in [0.2, 0.25) is 0 Å². The van der Waals surface area contributed by atoms with Crippen molar-refractivity contribution >= 4 is 11.8 Å². The molecule has 1 heterocycles. The molecule has 1 aromatic rings. The normalized spacial score (nSPS) is 14.9. The van der Waals surface area contributed by atoms with E-state index in [-0.39, 0.29) is 12.7 Å². The SMILES string of the molecule is Cc1ccc2c(c1CO)CCCN2C(=O)OC(C)(C)C. The van der Waals surface area contributed by atoms with Gasteiger partial charge in [0.05, 0.1) is 12.3 Å². The van der Waals surface area contributed by atoms with Crippen LogP contribution in [0, 0.1) is 6.92 Å². The molecule has 0 spiro atoms. The van der Waals surface area contributed by atoms with Crippen LogP contribution < -0.4 is 4.90 Å². The molecule has 2 rings (SSSR count). The van der Waals surface area contributed by atoms with Crippen LogP contribution >= 0.6 is 0 Å². The first-order valence-electron chi connectivity index (χ1n) is 7.06. The van der Waals surface area contributed by atoms with Gasteiger partial charge in [-0.15, -0.1) is 0 Å². The van der Waals surface area contributed by atoms with Gasteiger partial charge in [-0.05, 0) is 63.3 Å². The van der Waals surface area contributed by atoms with E-state index in [1.54, 1.807) is 4.90 Å². The summed E-state index contributed by atoms with van der Waals surface area (Å²) < 4.78 is 5.46. The molecule has 0 aliphatic carbocycles. The van der Waals surface area contributed by atoms with Gasteiger partial charge in [-0.25, -0.2) is 4.79 Å². The molecule has 0 aromatic heterocycles. The summed E-state index contributed by atoms with van der Waals surface area (Å²) in [7, 11) is 0. The van der Waals surface area contributed by atoms with E-state index in [2.05, 4.69) is 0 Å². The fourth-order valence-electron chi connectivity index (χ4n) is 2.59. The third kappa shape index (κ3) is 2.96. The predicted molar refractivity (Wildman–Crippen MR) is 79.0 cm³/mol. The molecule has 1 aliphatic rings. The summed E-state index contributed by atoms with van der Waals surface area (Å²) >= 11 is 0. The first-order valence-corrected chi connectivity index (χ1v) is 7.06. The number of rotatable bonds is 1. The standard InChI is InChI=1S/C16H23NO3/c1-11-7-8-14-12(13(11)10-18)6-5-9-17(14)15(19)20-16(2,3)4/h7-8,18H,5-6,9-10H2,1-4H3. The lowest BCUT2D eigenvalue weighted by atomic mass is 9.93. The van der Waals surface area contributed by atoms with Crippen LogP contribution in [0.15, 0.2) is 12.1 Å². The third-order valence-corrected chi connectivity index (χ3v) is 3.51. The number of aliphatic hydroxyl groups is 1. The second kappa shape index (κ2) is 5.44. The molecule has 0 atom stereocenters. The van der Waals surface area contributed by atoms with Crippen LogP contribution in [0.2, 0.25) is 0 Å². The average Bonchev–Trinajstić information content (AvgIpc) is 2.35. The van der Waals surface area contributed by atoms with Crippen molar-refractivity contribution in [3.63, 3.8) is 0 Å². The van der Waals surface area contributed by atoms with Crippen LogP contribution in [-0.2, 0) is 17.8 Å². The molecule has 4 heteroatoms. The molecular formula is C16H23NO3. The van der Waals surface area contributed by atoms with E-state index in [1.807, 2.05) is 39.8 Å². The maximum absolute atomic E-state index is 12.3. The Labute approximate surface area is 120 Å². The molecule has 0 fully saturated rings. The summed E-state index contributed by atoms with van der Waals surface area (Å²) in [4.78, 5) is 14.0. The highest BCUT2D eigenvalue weighted by Gasteiger charge is 2.28. The van der Waals surface area contributed by atoms with Gasteiger partial charge in [-0.2, -0.15) is 0 Å². The van der Waals surface area contributed by atoms with Crippen molar-refractivity contribution in [2.45, 2.75) is 52.7 Å². The molecule has 110 valence electrons. The van der Waals surface area contributed by atoms with E-state index in [0.29, 0.717) is 6.54 Å². The van der Waals surface area contributed by atoms with Crippen LogP contribution in [0.25, 0.3) is 0 Å². The summed E-state index contributed by atoms with van der Waals surface area (Å²) in [5.74, 6) is 0. The third-order valence-electron chi connectivity index (χ3n) is 3.51. The number of carbonyl (C=O) groups is 1. The Balaban J connectivity index is 2.36. The van der Waals surface area contributed by atoms with E-state index >= 15 is 0 Å². The second-order valence-corrected chi connectivity index (χ2v) is 6.25. The van der Waals surface area contributed by atoms with Crippen molar-refractivity contribution in [2.75, 3.05) is 11.4 Å². The number of anilines is 1. The van der Waals surface area contributed by atoms with Crippen molar-refractivity contribution in [1.29, 1.82) is 0 Å². The molecular weight excluding hydrogens is 254 g/mol. The Kier molecular flexibility index (Phi) is 4.04. The molecule has 0 radical (unpaired) electrons. The minimum Gasteiger partial charge on any atom is -0.443 e. The number of hydrogen-bond donors (Lipinski definition) is 1. The quantitative estimate of drug-likeness (QED) is 0.857. The number of hydrogen-bond acceptors (Lipinski definition) is 3. The minimum atomic E-state index is -0.501. The average molecular weight is 277 g/mol. The van der Waals surface area contributed by atoms with Crippen molar-refractivity contribution in [3.05, 3.63) is 28.8 Å². The zero-order valence-corrected chi connectivity index (χ0v) is 12.7. The van der Waals surface area contributed by atoms with Gasteiger partial charge in [0.25, 0.3) is 0 Å². The lowest BCUT2D eigenvalue weighted by molar-refractivity contribution is 0.0577. The number of benzene rings is 1. The summed E-state index contributed by atoms with van der Waals surface area (Å²) in [6.45, 7) is 8.25. The Morgan fingerprint density at radius 1 is 1.40 bits per heavy atom. The van der Waals surface area contributed by atoms with Crippen LogP contribution in [0.5, 0.6) is 0 Å². The number of ether oxygens (including phenoxy) is 1. The number of nitrogens with zero attached hydrogens (tertiary/aromatic N) is 1. The van der Waals surface area contributed by atoms with Crippen molar-refractivity contribution in [1.82, 2.24) is 0 Å². The van der Waals surface area contributed by atoms with E-state index in [0.717, 1.165) is 35.2 Å². The van der Waals surface area contributed by atoms with Gasteiger partial charge in [0.15, 0.2) is 0 Å². The number of aliphatic hydroxyl groups excluding tert-OH is 1. The summed E-state index contributed by atoms with van der Waals surface area (Å²) in [5, 5.41) is 9.55. The Morgan fingerprint density at radius 2 is 2.10 bits per heavy atom. The highest BCUT2D eigenvalue weighted by molar-refractivity contribution is 5.90. The molecule has 1 N–H and O–H groups in total. The Bertz CT molecular complexity index is 517. The predicted octanol–water partition coefficient (Wildman–Crippen LogP) is 3.18. The van der Waals surface area contributed by atoms with Gasteiger partial charge in [-0.3, -0.25) is 4.90 Å². The number of amides is 1. The highest BCUT2D eigenvalue weighted by Crippen LogP contribution is 2.32. The smallest absolute Gasteiger partial charge is 0.414 e. The van der Waals surface area contributed by atoms with Gasteiger partial charge < -0.3 is 9.84 Å².